The number of pyridine rings is 1. The summed E-state index contributed by atoms with van der Waals surface area (Å²) in [5.74, 6) is 0.906. The van der Waals surface area contributed by atoms with Gasteiger partial charge in [0.1, 0.15) is 5.75 Å². The first-order valence-electron chi connectivity index (χ1n) is 7.86. The fourth-order valence-electron chi connectivity index (χ4n) is 2.32. The molecule has 0 unspecified atom stereocenters. The molecular formula is C19H20N2OS. The highest BCUT2D eigenvalue weighted by atomic mass is 32.1. The highest BCUT2D eigenvalue weighted by Gasteiger charge is 2.00. The molecule has 0 N–H and O–H groups in total. The molecule has 2 aromatic heterocycles. The van der Waals surface area contributed by atoms with Gasteiger partial charge in [-0.15, -0.1) is 11.3 Å². The van der Waals surface area contributed by atoms with Crippen LogP contribution >= 0.6 is 11.3 Å². The van der Waals surface area contributed by atoms with Crippen molar-refractivity contribution in [2.45, 2.75) is 26.2 Å². The first kappa shape index (κ1) is 15.7. The number of hydrogen-bond acceptors (Lipinski definition) is 4. The molecule has 0 fully saturated rings. The van der Waals surface area contributed by atoms with E-state index in [9.17, 15) is 0 Å². The van der Waals surface area contributed by atoms with Crippen molar-refractivity contribution in [1.29, 1.82) is 0 Å². The number of thiazole rings is 1. The van der Waals surface area contributed by atoms with Crippen molar-refractivity contribution >= 4 is 11.3 Å². The summed E-state index contributed by atoms with van der Waals surface area (Å²) in [5.41, 5.74) is 5.49. The van der Waals surface area contributed by atoms with Gasteiger partial charge in [-0.25, -0.2) is 0 Å². The fraction of sp³-hybridized carbons (Fsp3) is 0.263. The third-order valence-electron chi connectivity index (χ3n) is 3.71. The molecule has 3 nitrogen and oxygen atoms in total. The summed E-state index contributed by atoms with van der Waals surface area (Å²) in [4.78, 5) is 9.83. The van der Waals surface area contributed by atoms with E-state index in [1.807, 2.05) is 30.0 Å². The third-order valence-corrected chi connectivity index (χ3v) is 4.49. The predicted molar refractivity (Wildman–Crippen MR) is 94.2 cm³/mol. The van der Waals surface area contributed by atoms with Gasteiger partial charge in [0, 0.05) is 35.8 Å². The van der Waals surface area contributed by atoms with Crippen molar-refractivity contribution in [1.82, 2.24) is 9.97 Å². The van der Waals surface area contributed by atoms with E-state index in [4.69, 9.17) is 4.74 Å². The van der Waals surface area contributed by atoms with Gasteiger partial charge in [0.25, 0.3) is 0 Å². The minimum absolute atomic E-state index is 0.645. The number of benzene rings is 1. The molecule has 2 heterocycles. The summed E-state index contributed by atoms with van der Waals surface area (Å²) in [7, 11) is 0. The summed E-state index contributed by atoms with van der Waals surface area (Å²) in [6, 6.07) is 12.5. The first-order valence-corrected chi connectivity index (χ1v) is 8.74. The van der Waals surface area contributed by atoms with Gasteiger partial charge in [-0.1, -0.05) is 25.1 Å². The van der Waals surface area contributed by atoms with Crippen molar-refractivity contribution in [3.05, 3.63) is 76.0 Å². The van der Waals surface area contributed by atoms with Gasteiger partial charge in [0.2, 0.25) is 0 Å². The topological polar surface area (TPSA) is 35.0 Å². The quantitative estimate of drug-likeness (QED) is 0.649. The van der Waals surface area contributed by atoms with E-state index < -0.39 is 0 Å². The third kappa shape index (κ3) is 4.63. The lowest BCUT2D eigenvalue weighted by Gasteiger charge is -2.07. The van der Waals surface area contributed by atoms with Crippen molar-refractivity contribution in [3.8, 4) is 5.75 Å². The highest BCUT2D eigenvalue weighted by Crippen LogP contribution is 2.17. The largest absolute Gasteiger partial charge is 0.493 e. The average molecular weight is 324 g/mol. The van der Waals surface area contributed by atoms with Crippen molar-refractivity contribution < 1.29 is 4.74 Å². The first-order chi connectivity index (χ1) is 11.3. The van der Waals surface area contributed by atoms with Gasteiger partial charge in [-0.3, -0.25) is 9.97 Å². The molecule has 1 aromatic carbocycles. The molecule has 3 aromatic rings. The average Bonchev–Trinajstić information content (AvgIpc) is 3.10. The van der Waals surface area contributed by atoms with Gasteiger partial charge in [0.05, 0.1) is 12.1 Å². The summed E-state index contributed by atoms with van der Waals surface area (Å²) in [5, 5.41) is 0. The van der Waals surface area contributed by atoms with E-state index in [1.54, 1.807) is 11.3 Å². The number of hydrogen-bond donors (Lipinski definition) is 0. The summed E-state index contributed by atoms with van der Waals surface area (Å²) in [6.07, 6.45) is 6.65. The van der Waals surface area contributed by atoms with E-state index in [0.717, 1.165) is 30.7 Å². The minimum Gasteiger partial charge on any atom is -0.493 e. The van der Waals surface area contributed by atoms with Gasteiger partial charge in [0.15, 0.2) is 0 Å². The van der Waals surface area contributed by atoms with Crippen LogP contribution in [0.2, 0.25) is 0 Å². The maximum absolute atomic E-state index is 5.81. The molecular weight excluding hydrogens is 304 g/mol. The molecule has 0 radical (unpaired) electrons. The fourth-order valence-corrected chi connectivity index (χ4v) is 2.95. The zero-order valence-corrected chi connectivity index (χ0v) is 14.1. The Kier molecular flexibility index (Phi) is 5.37. The normalized spacial score (nSPS) is 10.7. The zero-order valence-electron chi connectivity index (χ0n) is 13.2. The number of nitrogens with zero attached hydrogens (tertiary/aromatic N) is 2. The zero-order chi connectivity index (χ0) is 15.9. The molecule has 0 bridgehead atoms. The Labute approximate surface area is 141 Å². The summed E-state index contributed by atoms with van der Waals surface area (Å²) in [6.45, 7) is 2.78. The van der Waals surface area contributed by atoms with Crippen LogP contribution in [0.1, 0.15) is 28.6 Å². The molecule has 0 atom stereocenters. The van der Waals surface area contributed by atoms with Crippen LogP contribution in [0, 0.1) is 0 Å². The molecule has 23 heavy (non-hydrogen) atoms. The van der Waals surface area contributed by atoms with Crippen LogP contribution in [0.4, 0.5) is 0 Å². The van der Waals surface area contributed by atoms with Gasteiger partial charge >= 0.3 is 0 Å². The van der Waals surface area contributed by atoms with Crippen LogP contribution in [0.3, 0.4) is 0 Å². The highest BCUT2D eigenvalue weighted by molar-refractivity contribution is 7.09. The van der Waals surface area contributed by atoms with Gasteiger partial charge < -0.3 is 4.74 Å². The van der Waals surface area contributed by atoms with Crippen molar-refractivity contribution in [2.24, 2.45) is 0 Å². The molecule has 118 valence electrons. The molecule has 3 rings (SSSR count). The second-order valence-corrected chi connectivity index (χ2v) is 6.37. The number of aryl methyl sites for hydroxylation is 1. The Morgan fingerprint density at radius 1 is 1.00 bits per heavy atom. The van der Waals surface area contributed by atoms with Crippen molar-refractivity contribution in [2.75, 3.05) is 6.61 Å². The number of aromatic nitrogens is 2. The van der Waals surface area contributed by atoms with E-state index in [-0.39, 0.29) is 0 Å². The van der Waals surface area contributed by atoms with Gasteiger partial charge in [-0.05, 0) is 35.7 Å². The van der Waals surface area contributed by atoms with Gasteiger partial charge in [-0.2, -0.15) is 0 Å². The number of rotatable bonds is 7. The molecule has 0 amide bonds. The van der Waals surface area contributed by atoms with E-state index in [2.05, 4.69) is 41.2 Å². The Morgan fingerprint density at radius 3 is 2.48 bits per heavy atom. The standard InChI is InChI=1S/C19H20N2OS/c1-2-15-3-6-17(21-12-15)9-10-22-18-7-4-16(5-8-18)11-19-13-20-14-23-19/h3-8,12-14H,2,9-11H2,1H3. The lowest BCUT2D eigenvalue weighted by atomic mass is 10.1. The molecule has 4 heteroatoms. The molecule has 0 aliphatic carbocycles. The molecule has 0 saturated heterocycles. The van der Waals surface area contributed by atoms with E-state index in [1.165, 1.54) is 16.0 Å². The van der Waals surface area contributed by atoms with Crippen LogP contribution in [-0.4, -0.2) is 16.6 Å². The molecule has 0 saturated carbocycles. The Morgan fingerprint density at radius 2 is 1.83 bits per heavy atom. The number of ether oxygens (including phenoxy) is 1. The summed E-state index contributed by atoms with van der Waals surface area (Å²) >= 11 is 1.69. The lowest BCUT2D eigenvalue weighted by Crippen LogP contribution is -2.03. The SMILES string of the molecule is CCc1ccc(CCOc2ccc(Cc3cncs3)cc2)nc1. The van der Waals surface area contributed by atoms with Crippen LogP contribution in [0.5, 0.6) is 5.75 Å². The maximum Gasteiger partial charge on any atom is 0.119 e. The second kappa shape index (κ2) is 7.88. The van der Waals surface area contributed by atoms with Crippen LogP contribution in [-0.2, 0) is 19.3 Å². The summed E-state index contributed by atoms with van der Waals surface area (Å²) < 4.78 is 5.81. The molecule has 0 spiro atoms. The van der Waals surface area contributed by atoms with Crippen LogP contribution in [0.25, 0.3) is 0 Å². The van der Waals surface area contributed by atoms with E-state index >= 15 is 0 Å². The Bertz CT molecular complexity index is 706. The van der Waals surface area contributed by atoms with E-state index in [0.29, 0.717) is 6.61 Å². The predicted octanol–water partition coefficient (Wildman–Crippen LogP) is 4.31. The van der Waals surface area contributed by atoms with Crippen molar-refractivity contribution in [3.63, 3.8) is 0 Å². The lowest BCUT2D eigenvalue weighted by molar-refractivity contribution is 0.320. The maximum atomic E-state index is 5.81. The second-order valence-electron chi connectivity index (χ2n) is 5.40. The molecule has 0 aliphatic heterocycles. The van der Waals surface area contributed by atoms with Crippen LogP contribution in [0.15, 0.2) is 54.3 Å². The Hall–Kier alpha value is -2.20. The Balaban J connectivity index is 1.48. The monoisotopic (exact) mass is 324 g/mol. The minimum atomic E-state index is 0.645. The smallest absolute Gasteiger partial charge is 0.119 e. The van der Waals surface area contributed by atoms with Crippen LogP contribution < -0.4 is 4.74 Å². The molecule has 0 aliphatic rings.